The van der Waals surface area contributed by atoms with Gasteiger partial charge in [-0.15, -0.1) is 0 Å². The molecule has 4 atom stereocenters. The van der Waals surface area contributed by atoms with E-state index in [0.29, 0.717) is 12.0 Å². The van der Waals surface area contributed by atoms with Crippen LogP contribution < -0.4 is 0 Å². The van der Waals surface area contributed by atoms with Crippen molar-refractivity contribution in [3.05, 3.63) is 11.1 Å². The Labute approximate surface area is 125 Å². The van der Waals surface area contributed by atoms with E-state index in [1.807, 2.05) is 6.92 Å². The van der Waals surface area contributed by atoms with Gasteiger partial charge in [-0.3, -0.25) is 4.79 Å². The number of fused-ring (bicyclic) bond motifs is 1. The topological polar surface area (TPSA) is 63.6 Å². The molecule has 1 N–H and O–H groups in total. The summed E-state index contributed by atoms with van der Waals surface area (Å²) in [5.74, 6) is -0.641. The summed E-state index contributed by atoms with van der Waals surface area (Å²) in [6.07, 6.45) is 6.53. The van der Waals surface area contributed by atoms with E-state index in [9.17, 15) is 14.7 Å². The molecule has 3 aliphatic rings. The molecular weight excluding hydrogens is 268 g/mol. The number of carbonyl (C=O) groups is 2. The Morgan fingerprint density at radius 3 is 2.67 bits per heavy atom. The van der Waals surface area contributed by atoms with Gasteiger partial charge in [0.1, 0.15) is 5.60 Å². The molecule has 1 heterocycles. The molecule has 116 valence electrons. The third-order valence-electron chi connectivity index (χ3n) is 5.76. The van der Waals surface area contributed by atoms with Crippen LogP contribution in [0, 0.1) is 17.8 Å². The second kappa shape index (κ2) is 5.15. The summed E-state index contributed by atoms with van der Waals surface area (Å²) in [5.41, 5.74) is 0.690. The molecule has 3 rings (SSSR count). The molecule has 0 spiro atoms. The molecule has 0 aromatic heterocycles. The van der Waals surface area contributed by atoms with Gasteiger partial charge in [0.2, 0.25) is 0 Å². The molecular formula is C17H24O4. The first kappa shape index (κ1) is 14.6. The number of aliphatic carboxylic acids is 1. The Morgan fingerprint density at radius 2 is 1.95 bits per heavy atom. The van der Waals surface area contributed by atoms with Crippen LogP contribution in [0.15, 0.2) is 11.1 Å². The Bertz CT molecular complexity index is 507. The molecule has 1 saturated carbocycles. The molecule has 2 fully saturated rings. The van der Waals surface area contributed by atoms with Crippen LogP contribution in [0.4, 0.5) is 0 Å². The van der Waals surface area contributed by atoms with Crippen LogP contribution in [-0.2, 0) is 14.3 Å². The van der Waals surface area contributed by atoms with Gasteiger partial charge < -0.3 is 9.84 Å². The predicted octanol–water partition coefficient (Wildman–Crippen LogP) is 3.31. The van der Waals surface area contributed by atoms with E-state index in [-0.39, 0.29) is 23.7 Å². The van der Waals surface area contributed by atoms with Gasteiger partial charge in [-0.2, -0.15) is 0 Å². The van der Waals surface area contributed by atoms with E-state index in [2.05, 4.69) is 6.92 Å². The predicted molar refractivity (Wildman–Crippen MR) is 77.6 cm³/mol. The van der Waals surface area contributed by atoms with Crippen molar-refractivity contribution in [2.45, 2.75) is 64.4 Å². The fourth-order valence-corrected chi connectivity index (χ4v) is 4.86. The summed E-state index contributed by atoms with van der Waals surface area (Å²) in [7, 11) is 0. The van der Waals surface area contributed by atoms with E-state index in [0.717, 1.165) is 44.1 Å². The summed E-state index contributed by atoms with van der Waals surface area (Å²) in [6, 6.07) is 0. The lowest BCUT2D eigenvalue weighted by Crippen LogP contribution is -2.41. The van der Waals surface area contributed by atoms with Crippen molar-refractivity contribution in [1.29, 1.82) is 0 Å². The lowest BCUT2D eigenvalue weighted by atomic mass is 9.65. The smallest absolute Gasteiger partial charge is 0.331 e. The summed E-state index contributed by atoms with van der Waals surface area (Å²) in [6.45, 7) is 4.04. The van der Waals surface area contributed by atoms with Gasteiger partial charge in [0, 0.05) is 11.5 Å². The minimum absolute atomic E-state index is 0.0274. The summed E-state index contributed by atoms with van der Waals surface area (Å²) in [4.78, 5) is 23.9. The molecule has 0 amide bonds. The third-order valence-corrected chi connectivity index (χ3v) is 5.76. The first-order chi connectivity index (χ1) is 9.95. The molecule has 4 nitrogen and oxygen atoms in total. The number of esters is 1. The number of cyclic esters (lactones) is 1. The van der Waals surface area contributed by atoms with Gasteiger partial charge in [-0.1, -0.05) is 19.8 Å². The SMILES string of the molecule is CC1CCCC(C(=O)O)=C1C1(C)OC(=O)C2CCCCC21. The average Bonchev–Trinajstić information content (AvgIpc) is 2.71. The van der Waals surface area contributed by atoms with Crippen LogP contribution in [0.5, 0.6) is 0 Å². The van der Waals surface area contributed by atoms with Gasteiger partial charge in [0.25, 0.3) is 0 Å². The van der Waals surface area contributed by atoms with Crippen molar-refractivity contribution in [3.63, 3.8) is 0 Å². The largest absolute Gasteiger partial charge is 0.478 e. The Hall–Kier alpha value is -1.32. The Balaban J connectivity index is 2.07. The van der Waals surface area contributed by atoms with Gasteiger partial charge in [0.15, 0.2) is 0 Å². The number of carboxylic acids is 1. The third kappa shape index (κ3) is 2.19. The second-order valence-corrected chi connectivity index (χ2v) is 7.02. The summed E-state index contributed by atoms with van der Waals surface area (Å²) in [5, 5.41) is 9.56. The van der Waals surface area contributed by atoms with Gasteiger partial charge in [-0.25, -0.2) is 4.79 Å². The fraction of sp³-hybridized carbons (Fsp3) is 0.765. The van der Waals surface area contributed by atoms with E-state index < -0.39 is 11.6 Å². The van der Waals surface area contributed by atoms with Crippen molar-refractivity contribution in [3.8, 4) is 0 Å². The van der Waals surface area contributed by atoms with Crippen molar-refractivity contribution in [1.82, 2.24) is 0 Å². The van der Waals surface area contributed by atoms with Crippen molar-refractivity contribution < 1.29 is 19.4 Å². The molecule has 2 aliphatic carbocycles. The minimum Gasteiger partial charge on any atom is -0.478 e. The van der Waals surface area contributed by atoms with Crippen molar-refractivity contribution >= 4 is 11.9 Å². The van der Waals surface area contributed by atoms with Crippen molar-refractivity contribution in [2.24, 2.45) is 17.8 Å². The number of ether oxygens (including phenoxy) is 1. The van der Waals surface area contributed by atoms with Crippen LogP contribution >= 0.6 is 0 Å². The van der Waals surface area contributed by atoms with E-state index in [4.69, 9.17) is 4.74 Å². The maximum atomic E-state index is 12.3. The lowest BCUT2D eigenvalue weighted by molar-refractivity contribution is -0.148. The fourth-order valence-electron chi connectivity index (χ4n) is 4.86. The van der Waals surface area contributed by atoms with Crippen LogP contribution in [0.3, 0.4) is 0 Å². The molecule has 0 aromatic rings. The zero-order valence-corrected chi connectivity index (χ0v) is 12.9. The molecule has 4 unspecified atom stereocenters. The molecule has 1 saturated heterocycles. The molecule has 1 aliphatic heterocycles. The number of rotatable bonds is 2. The monoisotopic (exact) mass is 292 g/mol. The second-order valence-electron chi connectivity index (χ2n) is 7.02. The number of hydrogen-bond donors (Lipinski definition) is 1. The van der Waals surface area contributed by atoms with Crippen molar-refractivity contribution in [2.75, 3.05) is 0 Å². The zero-order valence-electron chi connectivity index (χ0n) is 12.9. The van der Waals surface area contributed by atoms with Gasteiger partial charge in [-0.05, 0) is 50.5 Å². The quantitative estimate of drug-likeness (QED) is 0.793. The Morgan fingerprint density at radius 1 is 1.24 bits per heavy atom. The molecule has 4 heteroatoms. The first-order valence-corrected chi connectivity index (χ1v) is 8.15. The average molecular weight is 292 g/mol. The highest BCUT2D eigenvalue weighted by Gasteiger charge is 2.56. The maximum absolute atomic E-state index is 12.3. The highest BCUT2D eigenvalue weighted by Crippen LogP contribution is 2.53. The highest BCUT2D eigenvalue weighted by molar-refractivity contribution is 5.89. The standard InChI is InChI=1S/C17H24O4/c1-10-6-5-8-12(15(18)19)14(10)17(2)13-9-4-3-7-11(13)16(20)21-17/h10-11,13H,3-9H2,1-2H3,(H,18,19). The molecule has 21 heavy (non-hydrogen) atoms. The van der Waals surface area contributed by atoms with E-state index in [1.165, 1.54) is 0 Å². The zero-order chi connectivity index (χ0) is 15.2. The summed E-state index contributed by atoms with van der Waals surface area (Å²) >= 11 is 0. The Kier molecular flexibility index (Phi) is 3.58. The van der Waals surface area contributed by atoms with E-state index in [1.54, 1.807) is 0 Å². The van der Waals surface area contributed by atoms with E-state index >= 15 is 0 Å². The first-order valence-electron chi connectivity index (χ1n) is 8.15. The van der Waals surface area contributed by atoms with Gasteiger partial charge in [0.05, 0.1) is 5.92 Å². The molecule has 0 radical (unpaired) electrons. The normalized spacial score (nSPS) is 39.9. The summed E-state index contributed by atoms with van der Waals surface area (Å²) < 4.78 is 5.83. The molecule has 0 bridgehead atoms. The number of carboxylic acid groups (broad SMARTS) is 1. The number of hydrogen-bond acceptors (Lipinski definition) is 3. The maximum Gasteiger partial charge on any atom is 0.331 e. The lowest BCUT2D eigenvalue weighted by Gasteiger charge is -2.40. The molecule has 0 aromatic carbocycles. The van der Waals surface area contributed by atoms with Gasteiger partial charge >= 0.3 is 11.9 Å². The number of carbonyl (C=O) groups excluding carboxylic acids is 1. The minimum atomic E-state index is -0.840. The van der Waals surface area contributed by atoms with Crippen LogP contribution in [0.1, 0.15) is 58.8 Å². The van der Waals surface area contributed by atoms with Crippen LogP contribution in [0.25, 0.3) is 0 Å². The van der Waals surface area contributed by atoms with Crippen LogP contribution in [0.2, 0.25) is 0 Å². The van der Waals surface area contributed by atoms with Crippen LogP contribution in [-0.4, -0.2) is 22.6 Å². The highest BCUT2D eigenvalue weighted by atomic mass is 16.6.